The lowest BCUT2D eigenvalue weighted by atomic mass is 9.48. The van der Waals surface area contributed by atoms with Crippen LogP contribution in [-0.4, -0.2) is 38.4 Å². The van der Waals surface area contributed by atoms with Crippen molar-refractivity contribution in [1.82, 2.24) is 5.32 Å². The quantitative estimate of drug-likeness (QED) is 0.220. The Balaban J connectivity index is 1.41. The Morgan fingerprint density at radius 2 is 1.61 bits per heavy atom. The predicted octanol–water partition coefficient (Wildman–Crippen LogP) is 6.15. The normalized spacial score (nSPS) is 26.4. The molecule has 6 heteroatoms. The summed E-state index contributed by atoms with van der Waals surface area (Å²) in [4.78, 5) is 25.3. The van der Waals surface area contributed by atoms with Crippen LogP contribution in [0.1, 0.15) is 84.2 Å². The fraction of sp³-hybridized carbons (Fsp3) is 0.500. The largest absolute Gasteiger partial charge is 0.441 e. The smallest absolute Gasteiger partial charge is 0.315 e. The van der Waals surface area contributed by atoms with Crippen molar-refractivity contribution in [2.75, 3.05) is 20.3 Å². The second kappa shape index (κ2) is 11.4. The number of nitrogens with one attached hydrogen (secondary N) is 1. The first kappa shape index (κ1) is 26.6. The van der Waals surface area contributed by atoms with E-state index in [0.717, 1.165) is 53.9 Å². The van der Waals surface area contributed by atoms with Crippen LogP contribution in [0.3, 0.4) is 0 Å². The zero-order valence-corrected chi connectivity index (χ0v) is 22.7. The van der Waals surface area contributed by atoms with Gasteiger partial charge in [-0.25, -0.2) is 0 Å². The van der Waals surface area contributed by atoms with Crippen LogP contribution in [-0.2, 0) is 14.9 Å². The van der Waals surface area contributed by atoms with Crippen molar-refractivity contribution in [2.45, 2.75) is 64.3 Å². The van der Waals surface area contributed by atoms with Gasteiger partial charge in [-0.1, -0.05) is 18.2 Å². The number of ether oxygens (including phenoxy) is 3. The topological polar surface area (TPSA) is 73.9 Å². The molecule has 0 aromatic heterocycles. The Morgan fingerprint density at radius 3 is 2.18 bits per heavy atom. The molecule has 2 aromatic carbocycles. The van der Waals surface area contributed by atoms with E-state index in [4.69, 9.17) is 14.2 Å². The number of benzene rings is 2. The van der Waals surface area contributed by atoms with Gasteiger partial charge in [-0.05, 0) is 118 Å². The SMILES string of the molecule is CCNC(=O)c1ccc(/C=C/C(=O)c2ccc(OC(OC)OCC)c(C34CC5CC(CC(C5)C3)C4)c2)cc1. The first-order chi connectivity index (χ1) is 18.4. The van der Waals surface area contributed by atoms with E-state index >= 15 is 0 Å². The summed E-state index contributed by atoms with van der Waals surface area (Å²) in [5.41, 5.74) is 3.30. The number of hydrogen-bond acceptors (Lipinski definition) is 5. The van der Waals surface area contributed by atoms with Crippen LogP contribution in [0.15, 0.2) is 48.5 Å². The van der Waals surface area contributed by atoms with E-state index < -0.39 is 6.48 Å². The van der Waals surface area contributed by atoms with Crippen LogP contribution in [0.4, 0.5) is 0 Å². The molecule has 0 saturated heterocycles. The molecule has 1 atom stereocenters. The van der Waals surface area contributed by atoms with Gasteiger partial charge in [-0.3, -0.25) is 9.59 Å². The van der Waals surface area contributed by atoms with Crippen LogP contribution in [0.25, 0.3) is 6.08 Å². The number of carbonyl (C=O) groups is 2. The predicted molar refractivity (Wildman–Crippen MR) is 147 cm³/mol. The third kappa shape index (κ3) is 5.57. The number of allylic oxidation sites excluding steroid dienone is 1. The maximum Gasteiger partial charge on any atom is 0.315 e. The first-order valence-corrected chi connectivity index (χ1v) is 14.0. The highest BCUT2D eigenvalue weighted by Gasteiger charge is 2.52. The molecule has 1 amide bonds. The molecule has 38 heavy (non-hydrogen) atoms. The van der Waals surface area contributed by atoms with Gasteiger partial charge in [0.1, 0.15) is 5.75 Å². The van der Waals surface area contributed by atoms with Gasteiger partial charge >= 0.3 is 6.48 Å². The van der Waals surface area contributed by atoms with Crippen molar-refractivity contribution in [3.8, 4) is 5.75 Å². The zero-order valence-electron chi connectivity index (χ0n) is 22.7. The van der Waals surface area contributed by atoms with Crippen molar-refractivity contribution in [3.05, 3.63) is 70.8 Å². The lowest BCUT2D eigenvalue weighted by molar-refractivity contribution is -0.231. The molecule has 4 bridgehead atoms. The highest BCUT2D eigenvalue weighted by Crippen LogP contribution is 2.62. The lowest BCUT2D eigenvalue weighted by Crippen LogP contribution is -2.48. The number of methoxy groups -OCH3 is 1. The first-order valence-electron chi connectivity index (χ1n) is 14.0. The second-order valence-corrected chi connectivity index (χ2v) is 11.2. The second-order valence-electron chi connectivity index (χ2n) is 11.2. The number of carbonyl (C=O) groups excluding carboxylic acids is 2. The minimum atomic E-state index is -0.781. The lowest BCUT2D eigenvalue weighted by Gasteiger charge is -2.57. The molecular weight excluding hydrogens is 478 g/mol. The van der Waals surface area contributed by atoms with Gasteiger partial charge < -0.3 is 19.5 Å². The molecule has 1 unspecified atom stereocenters. The van der Waals surface area contributed by atoms with E-state index in [1.54, 1.807) is 31.4 Å². The van der Waals surface area contributed by atoms with Gasteiger partial charge in [0.15, 0.2) is 5.78 Å². The van der Waals surface area contributed by atoms with Crippen LogP contribution < -0.4 is 10.1 Å². The van der Waals surface area contributed by atoms with Gasteiger partial charge in [-0.15, -0.1) is 0 Å². The van der Waals surface area contributed by atoms with Crippen molar-refractivity contribution in [2.24, 2.45) is 17.8 Å². The van der Waals surface area contributed by atoms with E-state index in [1.165, 1.54) is 19.3 Å². The molecular formula is C32H39NO5. The van der Waals surface area contributed by atoms with Crippen LogP contribution >= 0.6 is 0 Å². The Bertz CT molecular complexity index is 1150. The fourth-order valence-corrected chi connectivity index (χ4v) is 7.31. The molecule has 4 fully saturated rings. The van der Waals surface area contributed by atoms with E-state index in [1.807, 2.05) is 38.1 Å². The van der Waals surface area contributed by atoms with Gasteiger partial charge in [0, 0.05) is 30.3 Å². The number of rotatable bonds is 11. The standard InChI is InChI=1S/C32H39NO5/c1-4-33-30(35)25-9-6-21(7-10-25)8-12-28(34)26-11-13-29(38-31(36-3)37-5-2)27(17-26)32-18-22-14-23(19-32)16-24(15-22)20-32/h6-13,17,22-24,31H,4-5,14-16,18-20H2,1-3H3,(H,33,35)/b12-8+. The van der Waals surface area contributed by atoms with Crippen molar-refractivity contribution < 1.29 is 23.8 Å². The van der Waals surface area contributed by atoms with Gasteiger partial charge in [0.2, 0.25) is 0 Å². The number of hydrogen-bond donors (Lipinski definition) is 1. The molecule has 0 aliphatic heterocycles. The van der Waals surface area contributed by atoms with Crippen molar-refractivity contribution in [1.29, 1.82) is 0 Å². The van der Waals surface area contributed by atoms with Gasteiger partial charge in [-0.2, -0.15) is 0 Å². The average molecular weight is 518 g/mol. The van der Waals surface area contributed by atoms with Crippen LogP contribution in [0, 0.1) is 17.8 Å². The third-order valence-electron chi connectivity index (χ3n) is 8.53. The number of ketones is 1. The Morgan fingerprint density at radius 1 is 0.974 bits per heavy atom. The summed E-state index contributed by atoms with van der Waals surface area (Å²) in [7, 11) is 1.58. The Kier molecular flexibility index (Phi) is 8.01. The maximum atomic E-state index is 13.3. The molecule has 0 heterocycles. The van der Waals surface area contributed by atoms with Crippen molar-refractivity contribution in [3.63, 3.8) is 0 Å². The highest BCUT2D eigenvalue weighted by molar-refractivity contribution is 6.07. The molecule has 2 aromatic rings. The van der Waals surface area contributed by atoms with E-state index in [2.05, 4.69) is 11.4 Å². The molecule has 202 valence electrons. The summed E-state index contributed by atoms with van der Waals surface area (Å²) in [6, 6.07) is 13.1. The van der Waals surface area contributed by atoms with Crippen LogP contribution in [0.2, 0.25) is 0 Å². The molecule has 1 N–H and O–H groups in total. The molecule has 6 rings (SSSR count). The minimum absolute atomic E-state index is 0.0451. The number of amides is 1. The highest BCUT2D eigenvalue weighted by atomic mass is 16.8. The molecule has 0 spiro atoms. The summed E-state index contributed by atoms with van der Waals surface area (Å²) in [6.07, 6.45) is 10.9. The fourth-order valence-electron chi connectivity index (χ4n) is 7.31. The molecule has 4 aliphatic rings. The summed E-state index contributed by atoms with van der Waals surface area (Å²) in [6.45, 7) is 4.09. The van der Waals surface area contributed by atoms with Gasteiger partial charge in [0.05, 0.1) is 6.61 Å². The van der Waals surface area contributed by atoms with Gasteiger partial charge in [0.25, 0.3) is 5.91 Å². The van der Waals surface area contributed by atoms with E-state index in [0.29, 0.717) is 24.3 Å². The Hall–Kier alpha value is -2.96. The van der Waals surface area contributed by atoms with E-state index in [9.17, 15) is 9.59 Å². The van der Waals surface area contributed by atoms with Crippen molar-refractivity contribution >= 4 is 17.8 Å². The maximum absolute atomic E-state index is 13.3. The van der Waals surface area contributed by atoms with Crippen LogP contribution in [0.5, 0.6) is 5.75 Å². The van der Waals surface area contributed by atoms with E-state index in [-0.39, 0.29) is 17.1 Å². The minimum Gasteiger partial charge on any atom is -0.441 e. The summed E-state index contributed by atoms with van der Waals surface area (Å²) in [5.74, 6) is 2.90. The molecule has 0 radical (unpaired) electrons. The summed E-state index contributed by atoms with van der Waals surface area (Å²) in [5, 5.41) is 2.80. The average Bonchev–Trinajstić information content (AvgIpc) is 2.91. The molecule has 4 saturated carbocycles. The third-order valence-corrected chi connectivity index (χ3v) is 8.53. The zero-order chi connectivity index (χ0) is 26.7. The molecule has 6 nitrogen and oxygen atoms in total. The Labute approximate surface area is 225 Å². The monoisotopic (exact) mass is 517 g/mol. The molecule has 4 aliphatic carbocycles. The summed E-state index contributed by atoms with van der Waals surface area (Å²) >= 11 is 0. The summed E-state index contributed by atoms with van der Waals surface area (Å²) < 4.78 is 17.3.